The molecule has 1 fully saturated rings. The van der Waals surface area contributed by atoms with Gasteiger partial charge < -0.3 is 5.32 Å². The van der Waals surface area contributed by atoms with Gasteiger partial charge in [-0.3, -0.25) is 24.1 Å². The number of anilines is 1. The number of carbonyl (C=O) groups is 4. The minimum absolute atomic E-state index is 0.137. The summed E-state index contributed by atoms with van der Waals surface area (Å²) in [6, 6.07) is 5.15. The molecule has 0 radical (unpaired) electrons. The Balaban J connectivity index is 1.90. The summed E-state index contributed by atoms with van der Waals surface area (Å²) in [4.78, 5) is 51.1. The summed E-state index contributed by atoms with van der Waals surface area (Å²) < 4.78 is 0. The van der Waals surface area contributed by atoms with Crippen LogP contribution in [-0.4, -0.2) is 40.4 Å². The van der Waals surface area contributed by atoms with Crippen molar-refractivity contribution in [1.29, 1.82) is 0 Å². The molecular formula is C20H24N2O4. The van der Waals surface area contributed by atoms with Gasteiger partial charge in [-0.25, -0.2) is 0 Å². The van der Waals surface area contributed by atoms with Crippen LogP contribution in [0.4, 0.5) is 5.69 Å². The van der Waals surface area contributed by atoms with Gasteiger partial charge in [0, 0.05) is 18.7 Å². The molecule has 2 amide bonds. The van der Waals surface area contributed by atoms with Gasteiger partial charge in [-0.1, -0.05) is 25.8 Å². The zero-order valence-electron chi connectivity index (χ0n) is 15.3. The molecule has 1 aliphatic heterocycles. The number of rotatable bonds is 6. The van der Waals surface area contributed by atoms with E-state index in [1.807, 2.05) is 0 Å². The largest absolute Gasteiger partial charge is 0.384 e. The van der Waals surface area contributed by atoms with Gasteiger partial charge in [-0.05, 0) is 31.9 Å². The predicted molar refractivity (Wildman–Crippen MR) is 97.2 cm³/mol. The Bertz CT molecular complexity index is 786. The molecule has 0 bridgehead atoms. The Morgan fingerprint density at radius 3 is 2.58 bits per heavy atom. The summed E-state index contributed by atoms with van der Waals surface area (Å²) >= 11 is 0. The van der Waals surface area contributed by atoms with Gasteiger partial charge in [-0.2, -0.15) is 0 Å². The highest BCUT2D eigenvalue weighted by atomic mass is 16.2. The van der Waals surface area contributed by atoms with E-state index in [4.69, 9.17) is 0 Å². The van der Waals surface area contributed by atoms with Crippen LogP contribution in [0, 0.1) is 0 Å². The molecule has 26 heavy (non-hydrogen) atoms. The quantitative estimate of drug-likeness (QED) is 0.481. The van der Waals surface area contributed by atoms with Crippen molar-refractivity contribution in [3.05, 3.63) is 29.3 Å². The summed E-state index contributed by atoms with van der Waals surface area (Å²) in [7, 11) is 0. The molecule has 2 aliphatic rings. The van der Waals surface area contributed by atoms with Crippen LogP contribution < -0.4 is 5.32 Å². The molecule has 3 rings (SSSR count). The smallest absolute Gasteiger partial charge is 0.264 e. The Kier molecular flexibility index (Phi) is 4.94. The van der Waals surface area contributed by atoms with E-state index in [-0.39, 0.29) is 30.8 Å². The van der Waals surface area contributed by atoms with Crippen LogP contribution in [0.2, 0.25) is 0 Å². The van der Waals surface area contributed by atoms with Crippen molar-refractivity contribution in [2.45, 2.75) is 57.9 Å². The highest BCUT2D eigenvalue weighted by Gasteiger charge is 2.52. The lowest BCUT2D eigenvalue weighted by molar-refractivity contribution is -0.137. The fourth-order valence-electron chi connectivity index (χ4n) is 3.70. The third-order valence-corrected chi connectivity index (χ3v) is 5.35. The lowest BCUT2D eigenvalue weighted by atomic mass is 9.80. The molecule has 1 aliphatic carbocycles. The van der Waals surface area contributed by atoms with E-state index in [1.54, 1.807) is 25.1 Å². The van der Waals surface area contributed by atoms with Crippen LogP contribution >= 0.6 is 0 Å². The minimum Gasteiger partial charge on any atom is -0.384 e. The number of hydrogen-bond acceptors (Lipinski definition) is 5. The first-order chi connectivity index (χ1) is 12.4. The molecule has 1 saturated carbocycles. The Labute approximate surface area is 152 Å². The first kappa shape index (κ1) is 18.3. The molecule has 1 aromatic carbocycles. The van der Waals surface area contributed by atoms with Crippen molar-refractivity contribution in [2.75, 3.05) is 11.9 Å². The second-order valence-corrected chi connectivity index (χ2v) is 7.22. The average Bonchev–Trinajstić information content (AvgIpc) is 2.88. The fraction of sp³-hybridized carbons (Fsp3) is 0.500. The van der Waals surface area contributed by atoms with Crippen LogP contribution in [0.25, 0.3) is 0 Å². The molecule has 6 nitrogen and oxygen atoms in total. The van der Waals surface area contributed by atoms with Crippen LogP contribution in [-0.2, 0) is 9.59 Å². The van der Waals surface area contributed by atoms with Crippen LogP contribution in [0.1, 0.15) is 73.1 Å². The molecule has 0 aromatic heterocycles. The van der Waals surface area contributed by atoms with Crippen molar-refractivity contribution in [3.63, 3.8) is 0 Å². The summed E-state index contributed by atoms with van der Waals surface area (Å²) in [6.45, 7) is 4.43. The number of Topliss-reactive ketones (excluding diaryl/α,β-unsaturated/α-hetero) is 2. The maximum absolute atomic E-state index is 13.1. The molecule has 6 heteroatoms. The van der Waals surface area contributed by atoms with Crippen LogP contribution in [0.15, 0.2) is 18.2 Å². The molecule has 1 aromatic rings. The normalized spacial score (nSPS) is 22.8. The van der Waals surface area contributed by atoms with Gasteiger partial charge in [-0.15, -0.1) is 0 Å². The van der Waals surface area contributed by atoms with E-state index in [1.165, 1.54) is 0 Å². The second kappa shape index (κ2) is 7.02. The van der Waals surface area contributed by atoms with Gasteiger partial charge in [0.05, 0.1) is 17.5 Å². The molecule has 0 spiro atoms. The molecule has 0 saturated heterocycles. The lowest BCUT2D eigenvalue weighted by Crippen LogP contribution is -2.57. The Morgan fingerprint density at radius 1 is 1.12 bits per heavy atom. The molecule has 1 atom stereocenters. The first-order valence-corrected chi connectivity index (χ1v) is 9.21. The van der Waals surface area contributed by atoms with Crippen LogP contribution in [0.3, 0.4) is 0 Å². The number of ketones is 2. The zero-order chi connectivity index (χ0) is 18.9. The highest BCUT2D eigenvalue weighted by molar-refractivity contribution is 6.26. The zero-order valence-corrected chi connectivity index (χ0v) is 15.3. The molecule has 138 valence electrons. The number of imide groups is 1. The molecular weight excluding hydrogens is 332 g/mol. The Morgan fingerprint density at radius 2 is 1.88 bits per heavy atom. The number of fused-ring (bicyclic) bond motifs is 1. The monoisotopic (exact) mass is 356 g/mol. The van der Waals surface area contributed by atoms with Gasteiger partial charge in [0.15, 0.2) is 5.78 Å². The Hall–Kier alpha value is -2.50. The summed E-state index contributed by atoms with van der Waals surface area (Å²) in [6.07, 6.45) is 3.34. The molecule has 1 N–H and O–H groups in total. The number of benzene rings is 1. The molecule has 1 heterocycles. The first-order valence-electron chi connectivity index (χ1n) is 9.21. The highest BCUT2D eigenvalue weighted by Crippen LogP contribution is 2.38. The van der Waals surface area contributed by atoms with Gasteiger partial charge in [0.1, 0.15) is 11.3 Å². The predicted octanol–water partition coefficient (Wildman–Crippen LogP) is 2.97. The van der Waals surface area contributed by atoms with E-state index in [9.17, 15) is 19.2 Å². The summed E-state index contributed by atoms with van der Waals surface area (Å²) in [5.74, 6) is -1.40. The van der Waals surface area contributed by atoms with E-state index >= 15 is 0 Å². The number of amides is 2. The summed E-state index contributed by atoms with van der Waals surface area (Å²) in [5, 5.41) is 3.25. The number of nitrogens with zero attached hydrogens (tertiary/aromatic N) is 1. The SMILES string of the molecule is CCCCCNc1cccc2c1C(=O)N(C1(C)CCC(=O)CC1=O)C2=O. The maximum Gasteiger partial charge on any atom is 0.264 e. The van der Waals surface area contributed by atoms with Crippen molar-refractivity contribution in [1.82, 2.24) is 4.90 Å². The fourth-order valence-corrected chi connectivity index (χ4v) is 3.70. The number of carbonyl (C=O) groups excluding carboxylic acids is 4. The third-order valence-electron chi connectivity index (χ3n) is 5.35. The van der Waals surface area contributed by atoms with Crippen molar-refractivity contribution in [2.24, 2.45) is 0 Å². The second-order valence-electron chi connectivity index (χ2n) is 7.22. The van der Waals surface area contributed by atoms with Crippen LogP contribution in [0.5, 0.6) is 0 Å². The van der Waals surface area contributed by atoms with E-state index in [0.717, 1.165) is 30.7 Å². The lowest BCUT2D eigenvalue weighted by Gasteiger charge is -2.38. The summed E-state index contributed by atoms with van der Waals surface area (Å²) in [5.41, 5.74) is 0.0318. The van der Waals surface area contributed by atoms with Gasteiger partial charge >= 0.3 is 0 Å². The van der Waals surface area contributed by atoms with Gasteiger partial charge in [0.25, 0.3) is 11.8 Å². The van der Waals surface area contributed by atoms with Crippen molar-refractivity contribution >= 4 is 29.1 Å². The van der Waals surface area contributed by atoms with Crippen molar-refractivity contribution in [3.8, 4) is 0 Å². The standard InChI is InChI=1S/C20H24N2O4/c1-3-4-5-11-21-15-8-6-7-14-17(15)19(26)22(18(14)25)20(2)10-9-13(23)12-16(20)24/h6-8,21H,3-5,9-12H2,1-2H3. The average molecular weight is 356 g/mol. The van der Waals surface area contributed by atoms with Gasteiger partial charge in [0.2, 0.25) is 0 Å². The topological polar surface area (TPSA) is 83.6 Å². The third kappa shape index (κ3) is 2.93. The minimum atomic E-state index is -1.25. The number of nitrogens with one attached hydrogen (secondary N) is 1. The van der Waals surface area contributed by atoms with E-state index in [2.05, 4.69) is 12.2 Å². The van der Waals surface area contributed by atoms with Crippen molar-refractivity contribution < 1.29 is 19.2 Å². The number of unbranched alkanes of at least 4 members (excludes halogenated alkanes) is 2. The molecule has 1 unspecified atom stereocenters. The van der Waals surface area contributed by atoms with E-state index < -0.39 is 17.4 Å². The number of hydrogen-bond donors (Lipinski definition) is 1. The maximum atomic E-state index is 13.1. The van der Waals surface area contributed by atoms with E-state index in [0.29, 0.717) is 16.8 Å².